The standard InChI is InChI=1S/C41H25N5/c1-3-14-27(15-4-1)39-44-40(28-16-5-2-6-17-28)46-41(45-39)34-25-42-37(31-20-10-9-19-30(31)34)38-33-24-23-26-13-7-8-18-29(26)36(33)32-21-11-12-22-35(32)43-38/h1-25H. The Balaban J connectivity index is 1.31. The van der Waals surface area contributed by atoms with Gasteiger partial charge in [-0.25, -0.2) is 19.9 Å². The molecule has 0 radical (unpaired) electrons. The molecule has 9 rings (SSSR count). The molecule has 6 aromatic carbocycles. The van der Waals surface area contributed by atoms with Gasteiger partial charge < -0.3 is 0 Å². The quantitative estimate of drug-likeness (QED) is 0.192. The summed E-state index contributed by atoms with van der Waals surface area (Å²) in [5.41, 5.74) is 5.31. The molecule has 0 saturated heterocycles. The molecule has 3 aromatic heterocycles. The van der Waals surface area contributed by atoms with Gasteiger partial charge in [-0.2, -0.15) is 0 Å². The number of aromatic nitrogens is 5. The smallest absolute Gasteiger partial charge is 0.166 e. The molecule has 0 saturated carbocycles. The van der Waals surface area contributed by atoms with Crippen LogP contribution in [0.5, 0.6) is 0 Å². The molecule has 46 heavy (non-hydrogen) atoms. The third-order valence-electron chi connectivity index (χ3n) is 8.55. The van der Waals surface area contributed by atoms with Crippen molar-refractivity contribution in [3.8, 4) is 45.6 Å². The lowest BCUT2D eigenvalue weighted by atomic mass is 9.95. The minimum absolute atomic E-state index is 0.574. The second-order valence-corrected chi connectivity index (χ2v) is 11.3. The van der Waals surface area contributed by atoms with E-state index in [1.54, 1.807) is 0 Å². The highest BCUT2D eigenvalue weighted by Crippen LogP contribution is 2.40. The van der Waals surface area contributed by atoms with Gasteiger partial charge in [-0.15, -0.1) is 0 Å². The molecule has 0 aliphatic heterocycles. The molecule has 0 aliphatic rings. The van der Waals surface area contributed by atoms with Crippen molar-refractivity contribution in [2.45, 2.75) is 0 Å². The van der Waals surface area contributed by atoms with Crippen molar-refractivity contribution >= 4 is 43.2 Å². The summed E-state index contributed by atoms with van der Waals surface area (Å²) in [7, 11) is 0. The van der Waals surface area contributed by atoms with E-state index < -0.39 is 0 Å². The maximum Gasteiger partial charge on any atom is 0.166 e. The van der Waals surface area contributed by atoms with Gasteiger partial charge in [0.05, 0.1) is 16.9 Å². The maximum absolute atomic E-state index is 5.24. The van der Waals surface area contributed by atoms with Gasteiger partial charge in [-0.05, 0) is 22.2 Å². The van der Waals surface area contributed by atoms with Crippen molar-refractivity contribution in [1.82, 2.24) is 24.9 Å². The second-order valence-electron chi connectivity index (χ2n) is 11.3. The van der Waals surface area contributed by atoms with Gasteiger partial charge >= 0.3 is 0 Å². The van der Waals surface area contributed by atoms with Gasteiger partial charge in [0.2, 0.25) is 0 Å². The first-order valence-corrected chi connectivity index (χ1v) is 15.3. The van der Waals surface area contributed by atoms with E-state index in [1.807, 2.05) is 85.1 Å². The highest BCUT2D eigenvalue weighted by atomic mass is 15.0. The molecular formula is C41H25N5. The van der Waals surface area contributed by atoms with Crippen LogP contribution in [0.1, 0.15) is 0 Å². The normalized spacial score (nSPS) is 11.5. The lowest BCUT2D eigenvalue weighted by Crippen LogP contribution is -2.01. The minimum Gasteiger partial charge on any atom is -0.253 e. The highest BCUT2D eigenvalue weighted by molar-refractivity contribution is 6.23. The van der Waals surface area contributed by atoms with Gasteiger partial charge in [0.15, 0.2) is 17.5 Å². The first kappa shape index (κ1) is 26.1. The molecule has 214 valence electrons. The number of nitrogens with zero attached hydrogens (tertiary/aromatic N) is 5. The van der Waals surface area contributed by atoms with Crippen LogP contribution < -0.4 is 0 Å². The average molecular weight is 588 g/mol. The molecule has 0 atom stereocenters. The molecule has 0 bridgehead atoms. The molecule has 5 nitrogen and oxygen atoms in total. The molecule has 0 N–H and O–H groups in total. The monoisotopic (exact) mass is 587 g/mol. The van der Waals surface area contributed by atoms with E-state index in [9.17, 15) is 0 Å². The fourth-order valence-electron chi connectivity index (χ4n) is 6.39. The Bertz CT molecular complexity index is 2510. The predicted molar refractivity (Wildman–Crippen MR) is 187 cm³/mol. The SMILES string of the molecule is c1ccc(-c2nc(-c3ccccc3)nc(-c3cnc(-c4nc5ccccc5c5c4ccc4ccccc45)c4ccccc34)n2)cc1. The Labute approximate surface area is 264 Å². The predicted octanol–water partition coefficient (Wildman–Crippen LogP) is 9.94. The van der Waals surface area contributed by atoms with E-state index in [0.29, 0.717) is 17.5 Å². The largest absolute Gasteiger partial charge is 0.253 e. The summed E-state index contributed by atoms with van der Waals surface area (Å²) < 4.78 is 0. The third-order valence-corrected chi connectivity index (χ3v) is 8.55. The molecule has 3 heterocycles. The number of hydrogen-bond acceptors (Lipinski definition) is 5. The van der Waals surface area contributed by atoms with Gasteiger partial charge in [-0.1, -0.05) is 140 Å². The zero-order valence-electron chi connectivity index (χ0n) is 24.7. The minimum atomic E-state index is 0.574. The van der Waals surface area contributed by atoms with Crippen LogP contribution >= 0.6 is 0 Å². The Kier molecular flexibility index (Phi) is 6.06. The Morgan fingerprint density at radius 2 is 0.913 bits per heavy atom. The molecule has 0 aliphatic carbocycles. The van der Waals surface area contributed by atoms with Crippen LogP contribution in [-0.4, -0.2) is 24.9 Å². The van der Waals surface area contributed by atoms with Gasteiger partial charge in [0, 0.05) is 44.4 Å². The lowest BCUT2D eigenvalue weighted by Gasteiger charge is -2.15. The van der Waals surface area contributed by atoms with Gasteiger partial charge in [0.25, 0.3) is 0 Å². The first-order chi connectivity index (χ1) is 22.8. The molecule has 5 heteroatoms. The molecular weight excluding hydrogens is 562 g/mol. The van der Waals surface area contributed by atoms with Gasteiger partial charge in [-0.3, -0.25) is 4.98 Å². The van der Waals surface area contributed by atoms with Crippen molar-refractivity contribution in [2.24, 2.45) is 0 Å². The van der Waals surface area contributed by atoms with E-state index in [2.05, 4.69) is 66.7 Å². The highest BCUT2D eigenvalue weighted by Gasteiger charge is 2.20. The topological polar surface area (TPSA) is 64.5 Å². The van der Waals surface area contributed by atoms with Crippen molar-refractivity contribution < 1.29 is 0 Å². The van der Waals surface area contributed by atoms with E-state index in [1.165, 1.54) is 16.2 Å². The van der Waals surface area contributed by atoms with Crippen LogP contribution in [0.2, 0.25) is 0 Å². The van der Waals surface area contributed by atoms with Crippen LogP contribution in [0.4, 0.5) is 0 Å². The zero-order valence-corrected chi connectivity index (χ0v) is 24.7. The number of benzene rings is 6. The first-order valence-electron chi connectivity index (χ1n) is 15.3. The summed E-state index contributed by atoms with van der Waals surface area (Å²) in [6, 6.07) is 49.6. The second kappa shape index (κ2) is 10.7. The summed E-state index contributed by atoms with van der Waals surface area (Å²) in [4.78, 5) is 25.2. The fraction of sp³-hybridized carbons (Fsp3) is 0. The van der Waals surface area contributed by atoms with E-state index in [0.717, 1.165) is 55.1 Å². The molecule has 0 unspecified atom stereocenters. The van der Waals surface area contributed by atoms with Crippen LogP contribution in [0.25, 0.3) is 88.8 Å². The Morgan fingerprint density at radius 3 is 1.63 bits per heavy atom. The number of rotatable bonds is 4. The van der Waals surface area contributed by atoms with E-state index in [-0.39, 0.29) is 0 Å². The maximum atomic E-state index is 5.24. The summed E-state index contributed by atoms with van der Waals surface area (Å²) in [6.07, 6.45) is 1.89. The van der Waals surface area contributed by atoms with Crippen molar-refractivity contribution in [3.05, 3.63) is 152 Å². The Hall–Kier alpha value is -6.33. The average Bonchev–Trinajstić information content (AvgIpc) is 3.14. The summed E-state index contributed by atoms with van der Waals surface area (Å²) in [5.74, 6) is 1.81. The van der Waals surface area contributed by atoms with Crippen LogP contribution in [0, 0.1) is 0 Å². The molecule has 9 aromatic rings. The number of fused-ring (bicyclic) bond motifs is 6. The van der Waals surface area contributed by atoms with Crippen molar-refractivity contribution in [3.63, 3.8) is 0 Å². The van der Waals surface area contributed by atoms with Gasteiger partial charge in [0.1, 0.15) is 0 Å². The third kappa shape index (κ3) is 4.29. The molecule has 0 spiro atoms. The van der Waals surface area contributed by atoms with E-state index in [4.69, 9.17) is 24.9 Å². The molecule has 0 amide bonds. The fourth-order valence-corrected chi connectivity index (χ4v) is 6.39. The van der Waals surface area contributed by atoms with Crippen LogP contribution in [0.15, 0.2) is 152 Å². The number of pyridine rings is 2. The van der Waals surface area contributed by atoms with Crippen molar-refractivity contribution in [2.75, 3.05) is 0 Å². The summed E-state index contributed by atoms with van der Waals surface area (Å²) in [6.45, 7) is 0. The number of hydrogen-bond donors (Lipinski definition) is 0. The van der Waals surface area contributed by atoms with Crippen molar-refractivity contribution in [1.29, 1.82) is 0 Å². The number of para-hydroxylation sites is 1. The summed E-state index contributed by atoms with van der Waals surface area (Å²) >= 11 is 0. The van der Waals surface area contributed by atoms with Crippen LogP contribution in [0.3, 0.4) is 0 Å². The van der Waals surface area contributed by atoms with E-state index >= 15 is 0 Å². The summed E-state index contributed by atoms with van der Waals surface area (Å²) in [5, 5.41) is 7.77. The molecule has 0 fully saturated rings. The lowest BCUT2D eigenvalue weighted by molar-refractivity contribution is 1.07. The zero-order chi connectivity index (χ0) is 30.5. The van der Waals surface area contributed by atoms with Crippen LogP contribution in [-0.2, 0) is 0 Å². The Morgan fingerprint density at radius 1 is 0.348 bits per heavy atom.